The second-order valence-corrected chi connectivity index (χ2v) is 4.33. The smallest absolute Gasteiger partial charge is 0.338 e. The molecule has 1 rings (SSSR count). The Hall–Kier alpha value is -2.85. The second-order valence-electron chi connectivity index (χ2n) is 4.33. The fraction of sp³-hybridized carbons (Fsp3) is 0.0556. The lowest BCUT2D eigenvalue weighted by Crippen LogP contribution is -2.24. The molecular weight excluding hydrogens is 278 g/mol. The highest BCUT2D eigenvalue weighted by Crippen LogP contribution is 2.02. The van der Waals surface area contributed by atoms with Gasteiger partial charge in [-0.3, -0.25) is 10.7 Å². The summed E-state index contributed by atoms with van der Waals surface area (Å²) >= 11 is 0. The molecule has 0 aromatic heterocycles. The number of ether oxygens (including phenoxy) is 1. The Kier molecular flexibility index (Phi) is 7.16. The van der Waals surface area contributed by atoms with Crippen LogP contribution in [0.5, 0.6) is 0 Å². The molecule has 4 heteroatoms. The first kappa shape index (κ1) is 17.2. The van der Waals surface area contributed by atoms with E-state index in [-0.39, 0.29) is 6.61 Å². The third-order valence-corrected chi connectivity index (χ3v) is 2.79. The van der Waals surface area contributed by atoms with Crippen LogP contribution in [0.25, 0.3) is 12.7 Å². The van der Waals surface area contributed by atoms with E-state index in [1.165, 1.54) is 6.20 Å². The largest absolute Gasteiger partial charge is 0.457 e. The molecular formula is C18H19NO3. The van der Waals surface area contributed by atoms with Gasteiger partial charge in [-0.1, -0.05) is 50.1 Å². The van der Waals surface area contributed by atoms with Gasteiger partial charge in [0.25, 0.3) is 0 Å². The second kappa shape index (κ2) is 9.15. The van der Waals surface area contributed by atoms with E-state index in [4.69, 9.17) is 9.94 Å². The van der Waals surface area contributed by atoms with Crippen LogP contribution in [0.15, 0.2) is 67.4 Å². The first-order chi connectivity index (χ1) is 10.6. The lowest BCUT2D eigenvalue weighted by molar-refractivity contribution is 0.0543. The molecule has 0 atom stereocenters. The molecule has 0 aliphatic heterocycles. The van der Waals surface area contributed by atoms with Crippen molar-refractivity contribution in [1.29, 1.82) is 0 Å². The zero-order valence-electron chi connectivity index (χ0n) is 12.3. The lowest BCUT2D eigenvalue weighted by Gasteiger charge is -2.05. The summed E-state index contributed by atoms with van der Waals surface area (Å²) in [6, 6.07) is 5.06. The topological polar surface area (TPSA) is 58.6 Å². The van der Waals surface area contributed by atoms with Gasteiger partial charge in [0.2, 0.25) is 0 Å². The number of benzene rings is 1. The van der Waals surface area contributed by atoms with Crippen LogP contribution >= 0.6 is 0 Å². The van der Waals surface area contributed by atoms with Gasteiger partial charge in [0, 0.05) is 6.20 Å². The molecule has 0 aliphatic rings. The van der Waals surface area contributed by atoms with Gasteiger partial charge in [-0.2, -0.15) is 0 Å². The minimum atomic E-state index is -0.435. The van der Waals surface area contributed by atoms with Gasteiger partial charge in [-0.15, -0.1) is 0 Å². The summed E-state index contributed by atoms with van der Waals surface area (Å²) in [5.74, 6) is -0.435. The summed E-state index contributed by atoms with van der Waals surface area (Å²) in [5.41, 5.74) is 3.09. The van der Waals surface area contributed by atoms with E-state index < -0.39 is 5.97 Å². The molecule has 22 heavy (non-hydrogen) atoms. The molecule has 1 aromatic carbocycles. The number of hydroxylamine groups is 1. The average molecular weight is 297 g/mol. The quantitative estimate of drug-likeness (QED) is 0.458. The van der Waals surface area contributed by atoms with Crippen molar-refractivity contribution in [2.75, 3.05) is 6.61 Å². The third kappa shape index (κ3) is 5.26. The Morgan fingerprint density at radius 3 is 2.77 bits per heavy atom. The first-order valence-electron chi connectivity index (χ1n) is 6.59. The summed E-state index contributed by atoms with van der Waals surface area (Å²) in [4.78, 5) is 12.0. The fourth-order valence-electron chi connectivity index (χ4n) is 1.63. The van der Waals surface area contributed by atoms with E-state index in [1.807, 2.05) is 5.48 Å². The van der Waals surface area contributed by atoms with Gasteiger partial charge in [-0.25, -0.2) is 4.79 Å². The minimum Gasteiger partial charge on any atom is -0.457 e. The SMILES string of the molecule is C=C/C=C(\C=C)COC(=O)c1ccc(=C)/c(=C\C=C/NO)c1. The Morgan fingerprint density at radius 1 is 1.36 bits per heavy atom. The number of hydrogen-bond donors (Lipinski definition) is 2. The molecule has 0 radical (unpaired) electrons. The highest BCUT2D eigenvalue weighted by Gasteiger charge is 2.07. The number of esters is 1. The monoisotopic (exact) mass is 297 g/mol. The Balaban J connectivity index is 2.93. The van der Waals surface area contributed by atoms with Crippen molar-refractivity contribution in [2.45, 2.75) is 0 Å². The van der Waals surface area contributed by atoms with Crippen LogP contribution in [0.4, 0.5) is 0 Å². The number of rotatable bonds is 7. The number of carbonyl (C=O) groups is 1. The lowest BCUT2D eigenvalue weighted by atomic mass is 10.1. The summed E-state index contributed by atoms with van der Waals surface area (Å²) < 4.78 is 5.22. The zero-order valence-corrected chi connectivity index (χ0v) is 12.3. The molecule has 0 saturated carbocycles. The van der Waals surface area contributed by atoms with E-state index in [0.717, 1.165) is 16.0 Å². The van der Waals surface area contributed by atoms with Crippen molar-refractivity contribution in [1.82, 2.24) is 5.48 Å². The molecule has 1 aromatic rings. The summed E-state index contributed by atoms with van der Waals surface area (Å²) in [6.07, 6.45) is 9.61. The average Bonchev–Trinajstić information content (AvgIpc) is 2.53. The number of nitrogens with one attached hydrogen (secondary N) is 1. The van der Waals surface area contributed by atoms with E-state index in [2.05, 4.69) is 19.7 Å². The molecule has 0 unspecified atom stereocenters. The molecule has 0 bridgehead atoms. The van der Waals surface area contributed by atoms with Crippen molar-refractivity contribution in [3.05, 3.63) is 83.4 Å². The molecule has 0 aliphatic carbocycles. The summed E-state index contributed by atoms with van der Waals surface area (Å²) in [5, 5.41) is 10.00. The van der Waals surface area contributed by atoms with Gasteiger partial charge in [0.1, 0.15) is 6.61 Å². The molecule has 0 amide bonds. The predicted octanol–water partition coefficient (Wildman–Crippen LogP) is 1.83. The van der Waals surface area contributed by atoms with Gasteiger partial charge >= 0.3 is 5.97 Å². The molecule has 0 spiro atoms. The van der Waals surface area contributed by atoms with Crippen LogP contribution in [-0.4, -0.2) is 17.8 Å². The Morgan fingerprint density at radius 2 is 2.14 bits per heavy atom. The van der Waals surface area contributed by atoms with Gasteiger partial charge in [-0.05, 0) is 34.2 Å². The van der Waals surface area contributed by atoms with Crippen molar-refractivity contribution >= 4 is 18.6 Å². The van der Waals surface area contributed by atoms with Crippen molar-refractivity contribution in [3.63, 3.8) is 0 Å². The fourth-order valence-corrected chi connectivity index (χ4v) is 1.63. The molecule has 0 heterocycles. The standard InChI is InChI=1S/C18H19NO3/c1-4-7-15(5-2)13-22-18(20)17-10-9-14(3)16(12-17)8-6-11-19-21/h4-12,19,21H,1-3,13H2/b11-6-,15-7+,16-8-. The van der Waals surface area contributed by atoms with Crippen molar-refractivity contribution in [3.8, 4) is 0 Å². The highest BCUT2D eigenvalue weighted by atomic mass is 16.5. The Labute approximate surface area is 129 Å². The number of hydrogen-bond acceptors (Lipinski definition) is 4. The van der Waals surface area contributed by atoms with Crippen LogP contribution in [0.2, 0.25) is 0 Å². The first-order valence-corrected chi connectivity index (χ1v) is 6.59. The predicted molar refractivity (Wildman–Crippen MR) is 88.5 cm³/mol. The maximum Gasteiger partial charge on any atom is 0.338 e. The normalized spacial score (nSPS) is 12.2. The molecule has 2 N–H and O–H groups in total. The molecule has 4 nitrogen and oxygen atoms in total. The Bertz CT molecular complexity index is 714. The van der Waals surface area contributed by atoms with Gasteiger partial charge in [0.15, 0.2) is 0 Å². The van der Waals surface area contributed by atoms with Gasteiger partial charge < -0.3 is 4.74 Å². The van der Waals surface area contributed by atoms with E-state index >= 15 is 0 Å². The van der Waals surface area contributed by atoms with Crippen LogP contribution < -0.4 is 15.9 Å². The third-order valence-electron chi connectivity index (χ3n) is 2.79. The van der Waals surface area contributed by atoms with E-state index in [1.54, 1.807) is 48.6 Å². The molecule has 114 valence electrons. The maximum absolute atomic E-state index is 12.0. The van der Waals surface area contributed by atoms with Crippen molar-refractivity contribution in [2.24, 2.45) is 0 Å². The van der Waals surface area contributed by atoms with Crippen LogP contribution in [0, 0.1) is 0 Å². The van der Waals surface area contributed by atoms with Crippen LogP contribution in [-0.2, 0) is 4.74 Å². The van der Waals surface area contributed by atoms with Crippen molar-refractivity contribution < 1.29 is 14.7 Å². The van der Waals surface area contributed by atoms with Gasteiger partial charge in [0.05, 0.1) is 5.56 Å². The molecule has 0 fully saturated rings. The zero-order chi connectivity index (χ0) is 16.4. The van der Waals surface area contributed by atoms with E-state index in [0.29, 0.717) is 5.56 Å². The summed E-state index contributed by atoms with van der Waals surface area (Å²) in [7, 11) is 0. The highest BCUT2D eigenvalue weighted by molar-refractivity contribution is 5.89. The van der Waals surface area contributed by atoms with Crippen LogP contribution in [0.3, 0.4) is 0 Å². The van der Waals surface area contributed by atoms with Crippen LogP contribution in [0.1, 0.15) is 10.4 Å². The summed E-state index contributed by atoms with van der Waals surface area (Å²) in [6.45, 7) is 11.2. The minimum absolute atomic E-state index is 0.133. The molecule has 0 saturated heterocycles. The number of carbonyl (C=O) groups excluding carboxylic acids is 1. The number of allylic oxidation sites excluding steroid dienone is 3. The van der Waals surface area contributed by atoms with E-state index in [9.17, 15) is 4.79 Å². The maximum atomic E-state index is 12.0.